The number of piperidine rings is 1. The predicted molar refractivity (Wildman–Crippen MR) is 85.9 cm³/mol. The minimum Gasteiger partial charge on any atom is -0.491 e. The van der Waals surface area contributed by atoms with Crippen molar-refractivity contribution in [2.24, 2.45) is 11.3 Å². The molecular weight excluding hydrogens is 262 g/mol. The van der Waals surface area contributed by atoms with Gasteiger partial charge in [-0.15, -0.1) is 0 Å². The van der Waals surface area contributed by atoms with E-state index in [4.69, 9.17) is 4.74 Å². The maximum absolute atomic E-state index is 12.8. The molecule has 1 saturated heterocycles. The highest BCUT2D eigenvalue weighted by Gasteiger charge is 2.37. The van der Waals surface area contributed by atoms with Gasteiger partial charge in [-0.05, 0) is 70.0 Å². The number of carbonyl (C=O) groups excluding carboxylic acids is 1. The summed E-state index contributed by atoms with van der Waals surface area (Å²) < 4.78 is 5.63. The molecule has 1 fully saturated rings. The monoisotopic (exact) mass is 289 g/mol. The van der Waals surface area contributed by atoms with Crippen LogP contribution in [0.5, 0.6) is 5.75 Å². The van der Waals surface area contributed by atoms with E-state index in [9.17, 15) is 4.79 Å². The van der Waals surface area contributed by atoms with Gasteiger partial charge in [0.1, 0.15) is 5.75 Å². The topological polar surface area (TPSA) is 38.3 Å². The molecule has 0 amide bonds. The van der Waals surface area contributed by atoms with Crippen LogP contribution in [0.4, 0.5) is 0 Å². The molecule has 1 aliphatic heterocycles. The molecule has 2 rings (SSSR count). The van der Waals surface area contributed by atoms with Gasteiger partial charge in [0, 0.05) is 11.0 Å². The fourth-order valence-corrected chi connectivity index (χ4v) is 2.98. The fourth-order valence-electron chi connectivity index (χ4n) is 2.98. The number of Topliss-reactive ketones (excluding diaryl/α,β-unsaturated/α-hetero) is 1. The largest absolute Gasteiger partial charge is 0.491 e. The van der Waals surface area contributed by atoms with Crippen molar-refractivity contribution in [1.82, 2.24) is 5.32 Å². The Bertz CT molecular complexity index is 470. The zero-order chi connectivity index (χ0) is 15.5. The molecule has 1 aromatic rings. The van der Waals surface area contributed by atoms with Gasteiger partial charge in [-0.1, -0.05) is 13.8 Å². The normalized spacial score (nSPS) is 19.6. The summed E-state index contributed by atoms with van der Waals surface area (Å²) >= 11 is 0. The van der Waals surface area contributed by atoms with E-state index in [1.165, 1.54) is 0 Å². The molecule has 0 spiro atoms. The lowest BCUT2D eigenvalue weighted by Crippen LogP contribution is -2.42. The molecule has 1 unspecified atom stereocenters. The Morgan fingerprint density at radius 2 is 1.95 bits per heavy atom. The third-order valence-corrected chi connectivity index (χ3v) is 4.39. The highest BCUT2D eigenvalue weighted by atomic mass is 16.5. The van der Waals surface area contributed by atoms with Crippen molar-refractivity contribution in [2.75, 3.05) is 13.1 Å². The first-order chi connectivity index (χ1) is 9.91. The molecule has 0 saturated carbocycles. The summed E-state index contributed by atoms with van der Waals surface area (Å²) in [5.41, 5.74) is 0.454. The van der Waals surface area contributed by atoms with E-state index in [1.54, 1.807) is 0 Å². The second-order valence-corrected chi connectivity index (χ2v) is 6.79. The summed E-state index contributed by atoms with van der Waals surface area (Å²) in [5.74, 6) is 1.45. The van der Waals surface area contributed by atoms with Gasteiger partial charge in [0.15, 0.2) is 5.78 Å². The second kappa shape index (κ2) is 6.61. The van der Waals surface area contributed by atoms with Gasteiger partial charge < -0.3 is 10.1 Å². The Morgan fingerprint density at radius 3 is 2.48 bits per heavy atom. The summed E-state index contributed by atoms with van der Waals surface area (Å²) in [6.07, 6.45) is 2.43. The van der Waals surface area contributed by atoms with Crippen molar-refractivity contribution in [3.63, 3.8) is 0 Å². The highest BCUT2D eigenvalue weighted by Crippen LogP contribution is 2.35. The van der Waals surface area contributed by atoms with Gasteiger partial charge in [0.05, 0.1) is 6.10 Å². The van der Waals surface area contributed by atoms with Crippen LogP contribution in [0.15, 0.2) is 24.3 Å². The van der Waals surface area contributed by atoms with Crippen molar-refractivity contribution in [1.29, 1.82) is 0 Å². The van der Waals surface area contributed by atoms with Crippen LogP contribution in [0, 0.1) is 11.3 Å². The summed E-state index contributed by atoms with van der Waals surface area (Å²) in [5, 5.41) is 3.41. The number of benzene rings is 1. The maximum Gasteiger partial charge on any atom is 0.168 e. The van der Waals surface area contributed by atoms with Crippen LogP contribution in [-0.4, -0.2) is 25.0 Å². The molecule has 1 heterocycles. The standard InChI is InChI=1S/C18H27NO2/c1-13(2)21-16-9-7-14(8-10-16)17(20)18(3,4)15-6-5-11-19-12-15/h7-10,13,15,19H,5-6,11-12H2,1-4H3. The number of ketones is 1. The maximum atomic E-state index is 12.8. The van der Waals surface area contributed by atoms with E-state index in [1.807, 2.05) is 38.1 Å². The molecule has 1 aliphatic rings. The highest BCUT2D eigenvalue weighted by molar-refractivity contribution is 6.00. The SMILES string of the molecule is CC(C)Oc1ccc(C(=O)C(C)(C)C2CCCNC2)cc1. The number of carbonyl (C=O) groups is 1. The zero-order valence-corrected chi connectivity index (χ0v) is 13.6. The van der Waals surface area contributed by atoms with Crippen LogP contribution in [-0.2, 0) is 0 Å². The van der Waals surface area contributed by atoms with Crippen LogP contribution in [0.2, 0.25) is 0 Å². The van der Waals surface area contributed by atoms with Crippen molar-refractivity contribution < 1.29 is 9.53 Å². The van der Waals surface area contributed by atoms with Crippen LogP contribution in [0.3, 0.4) is 0 Å². The van der Waals surface area contributed by atoms with Gasteiger partial charge in [0.25, 0.3) is 0 Å². The third-order valence-electron chi connectivity index (χ3n) is 4.39. The molecule has 0 bridgehead atoms. The Balaban J connectivity index is 2.10. The van der Waals surface area contributed by atoms with E-state index in [0.29, 0.717) is 5.92 Å². The lowest BCUT2D eigenvalue weighted by Gasteiger charge is -2.36. The van der Waals surface area contributed by atoms with Crippen LogP contribution in [0.25, 0.3) is 0 Å². The van der Waals surface area contributed by atoms with E-state index < -0.39 is 0 Å². The lowest BCUT2D eigenvalue weighted by atomic mass is 9.70. The molecule has 116 valence electrons. The second-order valence-electron chi connectivity index (χ2n) is 6.79. The number of ether oxygens (including phenoxy) is 1. The average Bonchev–Trinajstić information content (AvgIpc) is 2.47. The Kier molecular flexibility index (Phi) is 5.04. The lowest BCUT2D eigenvalue weighted by molar-refractivity contribution is 0.0708. The average molecular weight is 289 g/mol. The van der Waals surface area contributed by atoms with Gasteiger partial charge in [-0.25, -0.2) is 0 Å². The van der Waals surface area contributed by atoms with Crippen molar-refractivity contribution in [3.8, 4) is 5.75 Å². The first-order valence-electron chi connectivity index (χ1n) is 7.93. The van der Waals surface area contributed by atoms with Crippen LogP contribution < -0.4 is 10.1 Å². The molecular formula is C18H27NO2. The van der Waals surface area contributed by atoms with Crippen LogP contribution >= 0.6 is 0 Å². The number of nitrogens with one attached hydrogen (secondary N) is 1. The minimum atomic E-state index is -0.326. The minimum absolute atomic E-state index is 0.149. The molecule has 1 N–H and O–H groups in total. The molecule has 3 nitrogen and oxygen atoms in total. The molecule has 21 heavy (non-hydrogen) atoms. The Labute approximate surface area is 128 Å². The molecule has 0 aromatic heterocycles. The third kappa shape index (κ3) is 3.85. The molecule has 1 aromatic carbocycles. The summed E-state index contributed by atoms with van der Waals surface area (Å²) in [6.45, 7) is 10.2. The first kappa shape index (κ1) is 16.0. The first-order valence-corrected chi connectivity index (χ1v) is 7.93. The quantitative estimate of drug-likeness (QED) is 0.840. The zero-order valence-electron chi connectivity index (χ0n) is 13.6. The summed E-state index contributed by atoms with van der Waals surface area (Å²) in [6, 6.07) is 7.56. The summed E-state index contributed by atoms with van der Waals surface area (Å²) in [4.78, 5) is 12.8. The number of rotatable bonds is 5. The van der Waals surface area contributed by atoms with E-state index in [2.05, 4.69) is 19.2 Å². The van der Waals surface area contributed by atoms with Crippen molar-refractivity contribution in [2.45, 2.75) is 46.6 Å². The molecule has 1 atom stereocenters. The number of hydrogen-bond donors (Lipinski definition) is 1. The fraction of sp³-hybridized carbons (Fsp3) is 0.611. The van der Waals surface area contributed by atoms with Gasteiger partial charge in [-0.2, -0.15) is 0 Å². The van der Waals surface area contributed by atoms with Crippen molar-refractivity contribution in [3.05, 3.63) is 29.8 Å². The number of hydrogen-bond acceptors (Lipinski definition) is 3. The predicted octanol–water partition coefficient (Wildman–Crippen LogP) is 3.68. The van der Waals surface area contributed by atoms with Gasteiger partial charge in [-0.3, -0.25) is 4.79 Å². The van der Waals surface area contributed by atoms with E-state index >= 15 is 0 Å². The smallest absolute Gasteiger partial charge is 0.168 e. The molecule has 0 aliphatic carbocycles. The van der Waals surface area contributed by atoms with Crippen LogP contribution in [0.1, 0.15) is 50.9 Å². The summed E-state index contributed by atoms with van der Waals surface area (Å²) in [7, 11) is 0. The van der Waals surface area contributed by atoms with Gasteiger partial charge >= 0.3 is 0 Å². The van der Waals surface area contributed by atoms with Gasteiger partial charge in [0.2, 0.25) is 0 Å². The Hall–Kier alpha value is -1.35. The van der Waals surface area contributed by atoms with Crippen molar-refractivity contribution >= 4 is 5.78 Å². The Morgan fingerprint density at radius 1 is 1.29 bits per heavy atom. The molecule has 3 heteroatoms. The molecule has 0 radical (unpaired) electrons. The van der Waals surface area contributed by atoms with E-state index in [0.717, 1.165) is 37.2 Å². The van der Waals surface area contributed by atoms with E-state index in [-0.39, 0.29) is 17.3 Å².